The number of ether oxygens (including phenoxy) is 1. The normalized spacial score (nSPS) is 16.0. The standard InChI is InChI=1S/C23H18N2OS2/c1-26-16-12-10-15(11-13-16)22-14-19(24-17-6-2-4-8-20(17)27-22)23-25-18-7-3-5-9-21(18)28-23/h2-14,22,24H,1H3/t22-/m0/s1. The van der Waals surface area contributed by atoms with Crippen LogP contribution in [0.5, 0.6) is 5.75 Å². The van der Waals surface area contributed by atoms with Crippen LogP contribution in [0.4, 0.5) is 5.69 Å². The van der Waals surface area contributed by atoms with E-state index in [2.05, 4.69) is 66.0 Å². The Hall–Kier alpha value is -2.76. The monoisotopic (exact) mass is 402 g/mol. The summed E-state index contributed by atoms with van der Waals surface area (Å²) in [7, 11) is 1.70. The lowest BCUT2D eigenvalue weighted by molar-refractivity contribution is 0.414. The molecular formula is C23H18N2OS2. The van der Waals surface area contributed by atoms with E-state index in [0.717, 1.165) is 27.7 Å². The number of para-hydroxylation sites is 2. The summed E-state index contributed by atoms with van der Waals surface area (Å²) in [6.45, 7) is 0. The number of anilines is 1. The summed E-state index contributed by atoms with van der Waals surface area (Å²) in [4.78, 5) is 6.10. The molecule has 0 fully saturated rings. The number of nitrogens with one attached hydrogen (secondary N) is 1. The number of hydrogen-bond donors (Lipinski definition) is 1. The van der Waals surface area contributed by atoms with Crippen molar-refractivity contribution >= 4 is 44.7 Å². The number of nitrogens with zero attached hydrogens (tertiary/aromatic N) is 1. The molecule has 0 saturated carbocycles. The summed E-state index contributed by atoms with van der Waals surface area (Å²) in [6, 6.07) is 25.0. The Balaban J connectivity index is 1.61. The van der Waals surface area contributed by atoms with E-state index in [1.165, 1.54) is 15.2 Å². The van der Waals surface area contributed by atoms with Crippen molar-refractivity contribution in [2.45, 2.75) is 10.1 Å². The van der Waals surface area contributed by atoms with E-state index >= 15 is 0 Å². The highest BCUT2D eigenvalue weighted by Gasteiger charge is 2.21. The van der Waals surface area contributed by atoms with E-state index in [1.807, 2.05) is 30.0 Å². The fraction of sp³-hybridized carbons (Fsp3) is 0.0870. The van der Waals surface area contributed by atoms with Gasteiger partial charge in [-0.2, -0.15) is 0 Å². The highest BCUT2D eigenvalue weighted by molar-refractivity contribution is 7.99. The maximum Gasteiger partial charge on any atom is 0.140 e. The Labute approximate surface area is 172 Å². The minimum absolute atomic E-state index is 0.184. The van der Waals surface area contributed by atoms with Crippen LogP contribution in [0.2, 0.25) is 0 Å². The van der Waals surface area contributed by atoms with Crippen LogP contribution in [-0.2, 0) is 0 Å². The molecule has 1 N–H and O–H groups in total. The van der Waals surface area contributed by atoms with Gasteiger partial charge in [-0.15, -0.1) is 23.1 Å². The molecule has 2 heterocycles. The van der Waals surface area contributed by atoms with Crippen LogP contribution >= 0.6 is 23.1 Å². The summed E-state index contributed by atoms with van der Waals surface area (Å²) in [5, 5.41) is 4.82. The average Bonchev–Trinajstić information content (AvgIpc) is 3.08. The van der Waals surface area contributed by atoms with Crippen molar-refractivity contribution in [3.05, 3.63) is 89.4 Å². The minimum atomic E-state index is 0.184. The molecule has 1 aliphatic rings. The van der Waals surface area contributed by atoms with E-state index in [-0.39, 0.29) is 5.25 Å². The molecule has 5 heteroatoms. The van der Waals surface area contributed by atoms with Gasteiger partial charge in [0.2, 0.25) is 0 Å². The summed E-state index contributed by atoms with van der Waals surface area (Å²) >= 11 is 3.57. The Kier molecular flexibility index (Phi) is 4.55. The van der Waals surface area contributed by atoms with E-state index < -0.39 is 0 Å². The number of methoxy groups -OCH3 is 1. The minimum Gasteiger partial charge on any atom is -0.497 e. The molecular weight excluding hydrogens is 384 g/mol. The molecule has 0 amide bonds. The zero-order chi connectivity index (χ0) is 18.9. The van der Waals surface area contributed by atoms with Gasteiger partial charge in [0.05, 0.1) is 34.0 Å². The lowest BCUT2D eigenvalue weighted by Crippen LogP contribution is -1.98. The maximum absolute atomic E-state index is 5.32. The molecule has 28 heavy (non-hydrogen) atoms. The van der Waals surface area contributed by atoms with Gasteiger partial charge in [0.15, 0.2) is 0 Å². The van der Waals surface area contributed by atoms with E-state index in [1.54, 1.807) is 18.4 Å². The first kappa shape index (κ1) is 17.3. The number of rotatable bonds is 3. The zero-order valence-corrected chi connectivity index (χ0v) is 16.9. The fourth-order valence-electron chi connectivity index (χ4n) is 3.25. The highest BCUT2D eigenvalue weighted by Crippen LogP contribution is 2.45. The van der Waals surface area contributed by atoms with Crippen molar-refractivity contribution in [2.75, 3.05) is 12.4 Å². The Morgan fingerprint density at radius 2 is 1.71 bits per heavy atom. The van der Waals surface area contributed by atoms with Crippen LogP contribution in [-0.4, -0.2) is 12.1 Å². The Bertz CT molecular complexity index is 1130. The molecule has 4 aromatic rings. The van der Waals surface area contributed by atoms with Gasteiger partial charge in [-0.25, -0.2) is 4.98 Å². The topological polar surface area (TPSA) is 34.1 Å². The van der Waals surface area contributed by atoms with Gasteiger partial charge < -0.3 is 10.1 Å². The van der Waals surface area contributed by atoms with Gasteiger partial charge in [0.25, 0.3) is 0 Å². The van der Waals surface area contributed by atoms with Crippen molar-refractivity contribution in [3.8, 4) is 5.75 Å². The molecule has 138 valence electrons. The smallest absolute Gasteiger partial charge is 0.140 e. The number of aromatic nitrogens is 1. The lowest BCUT2D eigenvalue weighted by atomic mass is 10.1. The second-order valence-electron chi connectivity index (χ2n) is 6.50. The SMILES string of the molecule is COc1ccc([C@@H]2C=C(c3nc4ccccc4s3)Nc3ccccc3S2)cc1. The number of fused-ring (bicyclic) bond motifs is 2. The first-order chi connectivity index (χ1) is 13.8. The first-order valence-corrected chi connectivity index (χ1v) is 10.7. The third-order valence-electron chi connectivity index (χ3n) is 4.70. The van der Waals surface area contributed by atoms with Gasteiger partial charge in [-0.05, 0) is 48.0 Å². The molecule has 0 saturated heterocycles. The molecule has 0 unspecified atom stereocenters. The quantitative estimate of drug-likeness (QED) is 0.418. The summed E-state index contributed by atoms with van der Waals surface area (Å²) in [6.07, 6.45) is 2.28. The van der Waals surface area contributed by atoms with Gasteiger partial charge in [-0.3, -0.25) is 0 Å². The maximum atomic E-state index is 5.32. The third-order valence-corrected chi connectivity index (χ3v) is 7.04. The van der Waals surface area contributed by atoms with E-state index in [0.29, 0.717) is 0 Å². The highest BCUT2D eigenvalue weighted by atomic mass is 32.2. The molecule has 0 aliphatic carbocycles. The molecule has 0 bridgehead atoms. The number of thiazole rings is 1. The summed E-state index contributed by atoms with van der Waals surface area (Å²) in [5.41, 5.74) is 4.45. The van der Waals surface area contributed by atoms with Crippen molar-refractivity contribution in [1.29, 1.82) is 0 Å². The molecule has 1 atom stereocenters. The van der Waals surface area contributed by atoms with Crippen molar-refractivity contribution in [2.24, 2.45) is 0 Å². The first-order valence-electron chi connectivity index (χ1n) is 9.04. The second-order valence-corrected chi connectivity index (χ2v) is 8.71. The average molecular weight is 403 g/mol. The Morgan fingerprint density at radius 3 is 2.54 bits per heavy atom. The third kappa shape index (κ3) is 3.28. The van der Waals surface area contributed by atoms with Crippen LogP contribution in [0.15, 0.2) is 83.8 Å². The second kappa shape index (κ2) is 7.34. The lowest BCUT2D eigenvalue weighted by Gasteiger charge is -2.13. The molecule has 1 aliphatic heterocycles. The molecule has 0 spiro atoms. The van der Waals surface area contributed by atoms with Gasteiger partial charge in [0.1, 0.15) is 10.8 Å². The van der Waals surface area contributed by atoms with Gasteiger partial charge in [-0.1, -0.05) is 36.4 Å². The molecule has 1 aromatic heterocycles. The van der Waals surface area contributed by atoms with Crippen LogP contribution in [0.25, 0.3) is 15.9 Å². The number of hydrogen-bond acceptors (Lipinski definition) is 5. The van der Waals surface area contributed by atoms with Crippen LogP contribution < -0.4 is 10.1 Å². The number of thioether (sulfide) groups is 1. The van der Waals surface area contributed by atoms with E-state index in [9.17, 15) is 0 Å². The molecule has 0 radical (unpaired) electrons. The van der Waals surface area contributed by atoms with Gasteiger partial charge >= 0.3 is 0 Å². The van der Waals surface area contributed by atoms with E-state index in [4.69, 9.17) is 9.72 Å². The van der Waals surface area contributed by atoms with Crippen molar-refractivity contribution < 1.29 is 4.74 Å². The van der Waals surface area contributed by atoms with Gasteiger partial charge in [0, 0.05) is 4.90 Å². The van der Waals surface area contributed by atoms with Crippen molar-refractivity contribution in [1.82, 2.24) is 4.98 Å². The zero-order valence-electron chi connectivity index (χ0n) is 15.3. The fourth-order valence-corrected chi connectivity index (χ4v) is 5.37. The van der Waals surface area contributed by atoms with Crippen molar-refractivity contribution in [3.63, 3.8) is 0 Å². The van der Waals surface area contributed by atoms with Crippen LogP contribution in [0, 0.1) is 0 Å². The Morgan fingerprint density at radius 1 is 0.929 bits per heavy atom. The van der Waals surface area contributed by atoms with Crippen LogP contribution in [0.1, 0.15) is 15.8 Å². The summed E-state index contributed by atoms with van der Waals surface area (Å²) in [5.74, 6) is 0.872. The van der Waals surface area contributed by atoms with Crippen LogP contribution in [0.3, 0.4) is 0 Å². The summed E-state index contributed by atoms with van der Waals surface area (Å²) < 4.78 is 6.52. The molecule has 3 aromatic carbocycles. The predicted octanol–water partition coefficient (Wildman–Crippen LogP) is 6.60. The largest absolute Gasteiger partial charge is 0.497 e. The molecule has 3 nitrogen and oxygen atoms in total. The predicted molar refractivity (Wildman–Crippen MR) is 119 cm³/mol. The number of benzene rings is 3. The molecule has 5 rings (SSSR count).